The maximum absolute atomic E-state index is 13.4. The molecule has 0 spiro atoms. The van der Waals surface area contributed by atoms with Crippen LogP contribution in [0.25, 0.3) is 0 Å². The van der Waals surface area contributed by atoms with Gasteiger partial charge in [0.1, 0.15) is 5.82 Å². The molecular formula is C13H18BrFN2. The van der Waals surface area contributed by atoms with Gasteiger partial charge in [0.2, 0.25) is 0 Å². The zero-order chi connectivity index (χ0) is 12.3. The van der Waals surface area contributed by atoms with Crippen molar-refractivity contribution in [3.8, 4) is 0 Å². The summed E-state index contributed by atoms with van der Waals surface area (Å²) in [6.45, 7) is 4.11. The second-order valence-electron chi connectivity index (χ2n) is 4.66. The normalized spacial score (nSPS) is 21.0. The molecule has 1 aliphatic rings. The first-order valence-corrected chi connectivity index (χ1v) is 6.80. The number of rotatable bonds is 4. The third-order valence-corrected chi connectivity index (χ3v) is 4.18. The Morgan fingerprint density at radius 1 is 1.53 bits per heavy atom. The van der Waals surface area contributed by atoms with E-state index in [4.69, 9.17) is 0 Å². The van der Waals surface area contributed by atoms with Crippen molar-refractivity contribution in [1.29, 1.82) is 0 Å². The zero-order valence-electron chi connectivity index (χ0n) is 10.0. The number of likely N-dealkylation sites (tertiary alicyclic amines) is 1. The van der Waals surface area contributed by atoms with Crippen LogP contribution in [0.1, 0.15) is 12.0 Å². The molecule has 0 bridgehead atoms. The summed E-state index contributed by atoms with van der Waals surface area (Å²) in [5.74, 6) is 0.556. The molecule has 0 aromatic heterocycles. The molecule has 0 saturated carbocycles. The van der Waals surface area contributed by atoms with Gasteiger partial charge in [-0.1, -0.05) is 12.1 Å². The van der Waals surface area contributed by atoms with Gasteiger partial charge in [0.25, 0.3) is 0 Å². The zero-order valence-corrected chi connectivity index (χ0v) is 11.6. The van der Waals surface area contributed by atoms with Crippen LogP contribution in [0.5, 0.6) is 0 Å². The largest absolute Gasteiger partial charge is 0.319 e. The molecule has 2 rings (SSSR count). The monoisotopic (exact) mass is 300 g/mol. The molecule has 17 heavy (non-hydrogen) atoms. The Morgan fingerprint density at radius 3 is 3.12 bits per heavy atom. The third-order valence-electron chi connectivity index (χ3n) is 3.29. The molecule has 1 aromatic carbocycles. The summed E-state index contributed by atoms with van der Waals surface area (Å²) in [5.41, 5.74) is 1.04. The number of hydrogen-bond donors (Lipinski definition) is 1. The van der Waals surface area contributed by atoms with Crippen LogP contribution in [0, 0.1) is 11.7 Å². The molecule has 2 nitrogen and oxygen atoms in total. The highest BCUT2D eigenvalue weighted by atomic mass is 79.9. The fourth-order valence-electron chi connectivity index (χ4n) is 2.42. The van der Waals surface area contributed by atoms with Gasteiger partial charge in [0.15, 0.2) is 0 Å². The smallest absolute Gasteiger partial charge is 0.137 e. The van der Waals surface area contributed by atoms with Crippen LogP contribution < -0.4 is 5.32 Å². The van der Waals surface area contributed by atoms with E-state index in [2.05, 4.69) is 26.1 Å². The predicted octanol–water partition coefficient (Wildman–Crippen LogP) is 2.63. The lowest BCUT2D eigenvalue weighted by atomic mass is 10.1. The number of hydrogen-bond acceptors (Lipinski definition) is 2. The van der Waals surface area contributed by atoms with Gasteiger partial charge in [-0.2, -0.15) is 0 Å². The maximum Gasteiger partial charge on any atom is 0.137 e. The Hall–Kier alpha value is -0.450. The minimum Gasteiger partial charge on any atom is -0.319 e. The Labute approximate surface area is 110 Å². The second kappa shape index (κ2) is 5.94. The predicted molar refractivity (Wildman–Crippen MR) is 71.4 cm³/mol. The number of benzene rings is 1. The lowest BCUT2D eigenvalue weighted by molar-refractivity contribution is 0.314. The van der Waals surface area contributed by atoms with Crippen molar-refractivity contribution in [2.45, 2.75) is 13.0 Å². The SMILES string of the molecule is CNCC1CCN(Cc2cccc(F)c2Br)C1. The topological polar surface area (TPSA) is 15.3 Å². The summed E-state index contributed by atoms with van der Waals surface area (Å²) in [5, 5.41) is 3.22. The van der Waals surface area contributed by atoms with Gasteiger partial charge in [0.05, 0.1) is 4.47 Å². The quantitative estimate of drug-likeness (QED) is 0.920. The molecule has 0 amide bonds. The van der Waals surface area contributed by atoms with Gasteiger partial charge in [-0.25, -0.2) is 4.39 Å². The minimum absolute atomic E-state index is 0.173. The van der Waals surface area contributed by atoms with Crippen molar-refractivity contribution in [2.24, 2.45) is 5.92 Å². The molecule has 1 fully saturated rings. The van der Waals surface area contributed by atoms with E-state index in [0.717, 1.165) is 37.7 Å². The van der Waals surface area contributed by atoms with E-state index in [1.54, 1.807) is 6.07 Å². The first-order chi connectivity index (χ1) is 8.20. The molecule has 0 radical (unpaired) electrons. The van der Waals surface area contributed by atoms with E-state index < -0.39 is 0 Å². The lowest BCUT2D eigenvalue weighted by Crippen LogP contribution is -2.24. The van der Waals surface area contributed by atoms with Crippen LogP contribution in [0.4, 0.5) is 4.39 Å². The number of halogens is 2. The standard InChI is InChI=1S/C13H18BrFN2/c1-16-7-10-5-6-17(8-10)9-11-3-2-4-12(15)13(11)14/h2-4,10,16H,5-9H2,1H3. The third kappa shape index (κ3) is 3.27. The highest BCUT2D eigenvalue weighted by molar-refractivity contribution is 9.10. The molecule has 1 heterocycles. The first-order valence-electron chi connectivity index (χ1n) is 6.00. The van der Waals surface area contributed by atoms with Crippen molar-refractivity contribution >= 4 is 15.9 Å². The molecule has 4 heteroatoms. The van der Waals surface area contributed by atoms with Crippen molar-refractivity contribution in [3.63, 3.8) is 0 Å². The van der Waals surface area contributed by atoms with E-state index >= 15 is 0 Å². The van der Waals surface area contributed by atoms with Crippen LogP contribution in [0.2, 0.25) is 0 Å². The highest BCUT2D eigenvalue weighted by Gasteiger charge is 2.22. The van der Waals surface area contributed by atoms with E-state index in [-0.39, 0.29) is 5.82 Å². The minimum atomic E-state index is -0.173. The molecule has 1 aromatic rings. The Kier molecular flexibility index (Phi) is 4.54. The Bertz CT molecular complexity index is 384. The van der Waals surface area contributed by atoms with Gasteiger partial charge >= 0.3 is 0 Å². The Balaban J connectivity index is 1.96. The van der Waals surface area contributed by atoms with Crippen molar-refractivity contribution in [3.05, 3.63) is 34.1 Å². The van der Waals surface area contributed by atoms with Crippen LogP contribution in [0.3, 0.4) is 0 Å². The molecule has 1 aliphatic heterocycles. The summed E-state index contributed by atoms with van der Waals surface area (Å²) in [7, 11) is 1.99. The van der Waals surface area contributed by atoms with Gasteiger partial charge in [-0.3, -0.25) is 4.90 Å². The molecule has 0 aliphatic carbocycles. The summed E-state index contributed by atoms with van der Waals surface area (Å²) in [6.07, 6.45) is 1.23. The van der Waals surface area contributed by atoms with Crippen LogP contribution in [-0.4, -0.2) is 31.6 Å². The van der Waals surface area contributed by atoms with E-state index in [9.17, 15) is 4.39 Å². The van der Waals surface area contributed by atoms with Gasteiger partial charge in [-0.15, -0.1) is 0 Å². The molecule has 1 unspecified atom stereocenters. The van der Waals surface area contributed by atoms with Crippen LogP contribution in [0.15, 0.2) is 22.7 Å². The van der Waals surface area contributed by atoms with E-state index in [0.29, 0.717) is 4.47 Å². The highest BCUT2D eigenvalue weighted by Crippen LogP contribution is 2.24. The average molecular weight is 301 g/mol. The summed E-state index contributed by atoms with van der Waals surface area (Å²) >= 11 is 3.32. The molecular weight excluding hydrogens is 283 g/mol. The number of nitrogens with one attached hydrogen (secondary N) is 1. The van der Waals surface area contributed by atoms with Gasteiger partial charge in [-0.05, 0) is 60.0 Å². The van der Waals surface area contributed by atoms with Gasteiger partial charge < -0.3 is 5.32 Å². The van der Waals surface area contributed by atoms with E-state index in [1.807, 2.05) is 13.1 Å². The lowest BCUT2D eigenvalue weighted by Gasteiger charge is -2.17. The number of nitrogens with zero attached hydrogens (tertiary/aromatic N) is 1. The molecule has 1 atom stereocenters. The molecule has 1 N–H and O–H groups in total. The van der Waals surface area contributed by atoms with E-state index in [1.165, 1.54) is 12.5 Å². The summed E-state index contributed by atoms with van der Waals surface area (Å²) < 4.78 is 14.0. The van der Waals surface area contributed by atoms with Crippen molar-refractivity contribution < 1.29 is 4.39 Å². The average Bonchev–Trinajstić information content (AvgIpc) is 2.73. The van der Waals surface area contributed by atoms with Crippen LogP contribution in [-0.2, 0) is 6.54 Å². The maximum atomic E-state index is 13.4. The second-order valence-corrected chi connectivity index (χ2v) is 5.45. The fraction of sp³-hybridized carbons (Fsp3) is 0.538. The van der Waals surface area contributed by atoms with Crippen LogP contribution >= 0.6 is 15.9 Å². The molecule has 1 saturated heterocycles. The molecule has 94 valence electrons. The summed E-state index contributed by atoms with van der Waals surface area (Å²) in [6, 6.07) is 5.25. The van der Waals surface area contributed by atoms with Crippen molar-refractivity contribution in [1.82, 2.24) is 10.2 Å². The first kappa shape index (κ1) is 13.0. The fourth-order valence-corrected chi connectivity index (χ4v) is 2.81. The Morgan fingerprint density at radius 2 is 2.35 bits per heavy atom. The van der Waals surface area contributed by atoms with Gasteiger partial charge in [0, 0.05) is 13.1 Å². The summed E-state index contributed by atoms with van der Waals surface area (Å²) in [4.78, 5) is 2.39. The van der Waals surface area contributed by atoms with Crippen molar-refractivity contribution in [2.75, 3.05) is 26.7 Å².